The molecule has 0 unspecified atom stereocenters. The van der Waals surface area contributed by atoms with Crippen LogP contribution in [0.15, 0.2) is 11.6 Å². The van der Waals surface area contributed by atoms with Crippen molar-refractivity contribution in [2.24, 2.45) is 50.2 Å². The van der Waals surface area contributed by atoms with Crippen molar-refractivity contribution in [3.63, 3.8) is 0 Å². The number of hydrogen-bond donors (Lipinski definition) is 0. The van der Waals surface area contributed by atoms with Crippen molar-refractivity contribution in [2.45, 2.75) is 126 Å². The van der Waals surface area contributed by atoms with Crippen LogP contribution in [0.25, 0.3) is 0 Å². The molecule has 0 heterocycles. The third kappa shape index (κ3) is 2.85. The van der Waals surface area contributed by atoms with Crippen molar-refractivity contribution in [2.75, 3.05) is 7.11 Å². The Morgan fingerprint density at radius 3 is 2.16 bits per heavy atom. The van der Waals surface area contributed by atoms with Gasteiger partial charge in [-0.1, -0.05) is 67.0 Å². The van der Waals surface area contributed by atoms with Crippen LogP contribution in [0, 0.1) is 50.2 Å². The number of ether oxygens (including phenoxy) is 1. The molecule has 1 heteroatoms. The van der Waals surface area contributed by atoms with Crippen molar-refractivity contribution >= 4 is 0 Å². The van der Waals surface area contributed by atoms with Gasteiger partial charge in [0.15, 0.2) is 0 Å². The lowest BCUT2D eigenvalue weighted by molar-refractivity contribution is -0.207. The molecule has 5 aliphatic carbocycles. The molecule has 0 bridgehead atoms. The molecule has 1 nitrogen and oxygen atoms in total. The molecule has 32 heavy (non-hydrogen) atoms. The number of allylic oxidation sites excluding steroid dienone is 2. The summed E-state index contributed by atoms with van der Waals surface area (Å²) in [4.78, 5) is 0. The molecule has 0 saturated heterocycles. The summed E-state index contributed by atoms with van der Waals surface area (Å²) in [5, 5.41) is 0. The summed E-state index contributed by atoms with van der Waals surface area (Å²) in [6, 6.07) is 0. The Labute approximate surface area is 199 Å². The van der Waals surface area contributed by atoms with Crippen LogP contribution < -0.4 is 0 Å². The van der Waals surface area contributed by atoms with Crippen molar-refractivity contribution in [1.29, 1.82) is 0 Å². The van der Waals surface area contributed by atoms with Crippen molar-refractivity contribution in [3.8, 4) is 0 Å². The van der Waals surface area contributed by atoms with Crippen LogP contribution in [0.1, 0.15) is 120 Å². The van der Waals surface area contributed by atoms with Crippen LogP contribution in [0.4, 0.5) is 0 Å². The van der Waals surface area contributed by atoms with E-state index < -0.39 is 0 Å². The van der Waals surface area contributed by atoms with Gasteiger partial charge in [0.25, 0.3) is 0 Å². The van der Waals surface area contributed by atoms with Gasteiger partial charge in [0.1, 0.15) is 0 Å². The van der Waals surface area contributed by atoms with E-state index in [-0.39, 0.29) is 5.41 Å². The molecule has 0 radical (unpaired) electrons. The molecule has 0 N–H and O–H groups in total. The lowest BCUT2D eigenvalue weighted by Crippen LogP contribution is -2.64. The molecule has 0 aromatic heterocycles. The van der Waals surface area contributed by atoms with Gasteiger partial charge in [-0.2, -0.15) is 0 Å². The van der Waals surface area contributed by atoms with E-state index in [4.69, 9.17) is 4.74 Å². The Morgan fingerprint density at radius 2 is 1.47 bits per heavy atom. The first-order valence-electron chi connectivity index (χ1n) is 14.0. The highest BCUT2D eigenvalue weighted by Gasteiger charge is 2.67. The van der Waals surface area contributed by atoms with Crippen molar-refractivity contribution in [3.05, 3.63) is 11.6 Å². The van der Waals surface area contributed by atoms with Crippen LogP contribution in [0.3, 0.4) is 0 Å². The molecule has 0 aromatic rings. The minimum Gasteiger partial charge on any atom is -0.381 e. The Kier molecular flexibility index (Phi) is 5.05. The summed E-state index contributed by atoms with van der Waals surface area (Å²) in [6.07, 6.45) is 17.1. The van der Waals surface area contributed by atoms with E-state index in [2.05, 4.69) is 61.5 Å². The van der Waals surface area contributed by atoms with E-state index >= 15 is 0 Å². The van der Waals surface area contributed by atoms with Gasteiger partial charge in [0, 0.05) is 7.11 Å². The average molecular weight is 441 g/mol. The summed E-state index contributed by atoms with van der Waals surface area (Å²) in [7, 11) is 1.95. The Morgan fingerprint density at radius 1 is 0.781 bits per heavy atom. The number of fused-ring (bicyclic) bond motifs is 7. The zero-order valence-corrected chi connectivity index (χ0v) is 22.9. The topological polar surface area (TPSA) is 9.23 Å². The van der Waals surface area contributed by atoms with Gasteiger partial charge in [0.05, 0.1) is 6.10 Å². The SMILES string of the molecule is CO[C@H]1CC[C@@]2(C)[C@@H](CC[C@@]3(C)[C@H]2CC=C2[C@@H]4CC(C)(C)CC[C@]4(C)CC[C@@]23C)C1(C)C. The van der Waals surface area contributed by atoms with E-state index in [1.807, 2.05) is 12.7 Å². The van der Waals surface area contributed by atoms with Crippen LogP contribution in [-0.4, -0.2) is 13.2 Å². The van der Waals surface area contributed by atoms with Crippen molar-refractivity contribution in [1.82, 2.24) is 0 Å². The molecule has 0 spiro atoms. The maximum Gasteiger partial charge on any atom is 0.0625 e. The van der Waals surface area contributed by atoms with Gasteiger partial charge in [-0.15, -0.1) is 0 Å². The Hall–Kier alpha value is -0.300. The van der Waals surface area contributed by atoms with Gasteiger partial charge in [0.2, 0.25) is 0 Å². The zero-order valence-electron chi connectivity index (χ0n) is 22.9. The molecular formula is C31H52O. The smallest absolute Gasteiger partial charge is 0.0625 e. The highest BCUT2D eigenvalue weighted by atomic mass is 16.5. The lowest BCUT2D eigenvalue weighted by atomic mass is 9.33. The third-order valence-corrected chi connectivity index (χ3v) is 13.3. The summed E-state index contributed by atoms with van der Waals surface area (Å²) in [6.45, 7) is 20.9. The van der Waals surface area contributed by atoms with E-state index in [9.17, 15) is 0 Å². The monoisotopic (exact) mass is 440 g/mol. The second-order valence-electron chi connectivity index (χ2n) is 15.5. The summed E-state index contributed by atoms with van der Waals surface area (Å²) >= 11 is 0. The second-order valence-corrected chi connectivity index (χ2v) is 15.5. The highest BCUT2D eigenvalue weighted by Crippen LogP contribution is 2.75. The standard InChI is InChI=1S/C31H52O/c1-26(2)16-17-28(5)18-19-30(7)21(22(28)20-26)10-11-24-29(6)14-13-25(32-9)27(3,4)23(29)12-15-31(24,30)8/h10,22-25H,11-20H2,1-9H3/t22-,23-,24-,25-,28+,29-,30-,31-/m0/s1. The number of rotatable bonds is 1. The summed E-state index contributed by atoms with van der Waals surface area (Å²) in [5.41, 5.74) is 4.53. The molecule has 0 aromatic carbocycles. The van der Waals surface area contributed by atoms with Gasteiger partial charge in [-0.05, 0) is 114 Å². The predicted molar refractivity (Wildman–Crippen MR) is 136 cm³/mol. The first-order valence-corrected chi connectivity index (χ1v) is 14.0. The Balaban J connectivity index is 1.56. The maximum atomic E-state index is 6.05. The minimum atomic E-state index is 0.284. The minimum absolute atomic E-state index is 0.284. The van der Waals surface area contributed by atoms with Crippen LogP contribution in [0.5, 0.6) is 0 Å². The fourth-order valence-corrected chi connectivity index (χ4v) is 10.9. The van der Waals surface area contributed by atoms with E-state index in [1.165, 1.54) is 64.2 Å². The molecule has 0 aliphatic heterocycles. The first-order chi connectivity index (χ1) is 14.7. The quantitative estimate of drug-likeness (QED) is 0.370. The van der Waals surface area contributed by atoms with Gasteiger partial charge < -0.3 is 4.74 Å². The zero-order chi connectivity index (χ0) is 23.4. The van der Waals surface area contributed by atoms with E-state index in [0.29, 0.717) is 33.2 Å². The lowest BCUT2D eigenvalue weighted by Gasteiger charge is -2.71. The molecular weight excluding hydrogens is 388 g/mol. The van der Waals surface area contributed by atoms with Crippen LogP contribution in [-0.2, 0) is 4.74 Å². The average Bonchev–Trinajstić information content (AvgIpc) is 2.69. The first kappa shape index (κ1) is 23.4. The number of hydrogen-bond acceptors (Lipinski definition) is 1. The molecule has 8 atom stereocenters. The fourth-order valence-electron chi connectivity index (χ4n) is 10.9. The normalized spacial score (nSPS) is 53.8. The van der Waals surface area contributed by atoms with Gasteiger partial charge in [-0.25, -0.2) is 0 Å². The largest absolute Gasteiger partial charge is 0.381 e. The van der Waals surface area contributed by atoms with Gasteiger partial charge in [-0.3, -0.25) is 0 Å². The van der Waals surface area contributed by atoms with Gasteiger partial charge >= 0.3 is 0 Å². The van der Waals surface area contributed by atoms with E-state index in [1.54, 1.807) is 0 Å². The molecule has 4 saturated carbocycles. The maximum absolute atomic E-state index is 6.05. The van der Waals surface area contributed by atoms with E-state index in [0.717, 1.165) is 17.8 Å². The van der Waals surface area contributed by atoms with Crippen LogP contribution in [0.2, 0.25) is 0 Å². The summed E-state index contributed by atoms with van der Waals surface area (Å²) in [5.74, 6) is 2.42. The third-order valence-electron chi connectivity index (χ3n) is 13.3. The molecule has 5 rings (SSSR count). The second kappa shape index (κ2) is 6.89. The molecule has 4 fully saturated rings. The fraction of sp³-hybridized carbons (Fsp3) is 0.935. The Bertz CT molecular complexity index is 805. The van der Waals surface area contributed by atoms with Crippen LogP contribution >= 0.6 is 0 Å². The molecule has 0 amide bonds. The number of methoxy groups -OCH3 is 1. The molecule has 5 aliphatic rings. The van der Waals surface area contributed by atoms with Crippen molar-refractivity contribution < 1.29 is 4.74 Å². The highest BCUT2D eigenvalue weighted by molar-refractivity contribution is 5.33. The molecule has 182 valence electrons. The predicted octanol–water partition coefficient (Wildman–Crippen LogP) is 8.82. The summed E-state index contributed by atoms with van der Waals surface area (Å²) < 4.78 is 6.05.